The summed E-state index contributed by atoms with van der Waals surface area (Å²) in [7, 11) is 0. The molecule has 21 heavy (non-hydrogen) atoms. The van der Waals surface area contributed by atoms with Crippen molar-refractivity contribution in [2.24, 2.45) is 0 Å². The Labute approximate surface area is 126 Å². The summed E-state index contributed by atoms with van der Waals surface area (Å²) in [5, 5.41) is 4.55. The highest BCUT2D eigenvalue weighted by Gasteiger charge is 2.18. The molecule has 1 aromatic carbocycles. The number of aromatic nitrogens is 2. The van der Waals surface area contributed by atoms with Crippen molar-refractivity contribution in [1.82, 2.24) is 9.78 Å². The second-order valence-electron chi connectivity index (χ2n) is 4.92. The molecule has 1 aliphatic heterocycles. The summed E-state index contributed by atoms with van der Waals surface area (Å²) >= 11 is 0. The first-order chi connectivity index (χ1) is 10.3. The number of piperidine rings is 1. The molecular formula is C17H23N3O. The third-order valence-corrected chi connectivity index (χ3v) is 3.39. The van der Waals surface area contributed by atoms with Crippen LogP contribution in [-0.2, 0) is 11.3 Å². The number of Topliss-reactive ketones (excluding diaryl/α,β-unsaturated/α-hetero) is 1. The molecule has 0 atom stereocenters. The van der Waals surface area contributed by atoms with Gasteiger partial charge in [-0.05, 0) is 12.0 Å². The SMILES string of the molecule is CC.O=C1CCCN(c2ccn(Cc3ccccc3)n2)C1. The first-order valence-electron chi connectivity index (χ1n) is 7.65. The Morgan fingerprint density at radius 3 is 2.62 bits per heavy atom. The van der Waals surface area contributed by atoms with E-state index in [1.807, 2.05) is 49.0 Å². The van der Waals surface area contributed by atoms with Crippen LogP contribution in [0.4, 0.5) is 5.82 Å². The minimum Gasteiger partial charge on any atom is -0.348 e. The van der Waals surface area contributed by atoms with Gasteiger partial charge in [-0.3, -0.25) is 9.48 Å². The van der Waals surface area contributed by atoms with Gasteiger partial charge in [0.1, 0.15) is 0 Å². The van der Waals surface area contributed by atoms with Gasteiger partial charge < -0.3 is 4.90 Å². The molecular weight excluding hydrogens is 262 g/mol. The average molecular weight is 285 g/mol. The third-order valence-electron chi connectivity index (χ3n) is 3.39. The molecule has 0 spiro atoms. The van der Waals surface area contributed by atoms with Crippen LogP contribution < -0.4 is 4.90 Å². The number of carbonyl (C=O) groups excluding carboxylic acids is 1. The monoisotopic (exact) mass is 285 g/mol. The maximum absolute atomic E-state index is 11.5. The van der Waals surface area contributed by atoms with Crippen molar-refractivity contribution in [1.29, 1.82) is 0 Å². The van der Waals surface area contributed by atoms with E-state index in [-0.39, 0.29) is 0 Å². The summed E-state index contributed by atoms with van der Waals surface area (Å²) in [5.41, 5.74) is 1.23. The molecule has 4 heteroatoms. The molecule has 0 radical (unpaired) electrons. The van der Waals surface area contributed by atoms with Crippen LogP contribution in [0.3, 0.4) is 0 Å². The Morgan fingerprint density at radius 1 is 1.14 bits per heavy atom. The largest absolute Gasteiger partial charge is 0.348 e. The normalized spacial score (nSPS) is 14.6. The average Bonchev–Trinajstić information content (AvgIpc) is 2.99. The molecule has 1 aromatic heterocycles. The minimum atomic E-state index is 0.309. The lowest BCUT2D eigenvalue weighted by Crippen LogP contribution is -2.35. The summed E-state index contributed by atoms with van der Waals surface area (Å²) in [6, 6.07) is 12.2. The van der Waals surface area contributed by atoms with Crippen LogP contribution in [0.15, 0.2) is 42.6 Å². The maximum atomic E-state index is 11.5. The van der Waals surface area contributed by atoms with Gasteiger partial charge in [0.2, 0.25) is 0 Å². The van der Waals surface area contributed by atoms with E-state index in [0.29, 0.717) is 18.7 Å². The summed E-state index contributed by atoms with van der Waals surface area (Å²) in [5.74, 6) is 1.22. The zero-order valence-electron chi connectivity index (χ0n) is 12.8. The first kappa shape index (κ1) is 15.3. The molecule has 2 aromatic rings. The Balaban J connectivity index is 0.000000774. The standard InChI is InChI=1S/C15H17N3O.C2H6/c19-14-7-4-9-17(12-14)15-8-10-18(16-15)11-13-5-2-1-3-6-13;1-2/h1-3,5-6,8,10H,4,7,9,11-12H2;1-2H3. The Bertz CT molecular complexity index is 562. The quantitative estimate of drug-likeness (QED) is 0.869. The summed E-state index contributed by atoms with van der Waals surface area (Å²) in [4.78, 5) is 13.5. The van der Waals surface area contributed by atoms with Crippen LogP contribution in [-0.4, -0.2) is 28.7 Å². The Morgan fingerprint density at radius 2 is 1.90 bits per heavy atom. The lowest BCUT2D eigenvalue weighted by atomic mass is 10.1. The Kier molecular flexibility index (Phi) is 5.55. The van der Waals surface area contributed by atoms with Gasteiger partial charge in [0.15, 0.2) is 11.6 Å². The molecule has 0 aliphatic carbocycles. The summed E-state index contributed by atoms with van der Waals surface area (Å²) < 4.78 is 1.92. The van der Waals surface area contributed by atoms with Crippen molar-refractivity contribution in [3.8, 4) is 0 Å². The van der Waals surface area contributed by atoms with Gasteiger partial charge in [0, 0.05) is 25.2 Å². The first-order valence-corrected chi connectivity index (χ1v) is 7.65. The minimum absolute atomic E-state index is 0.309. The van der Waals surface area contributed by atoms with E-state index in [9.17, 15) is 4.79 Å². The number of rotatable bonds is 3. The highest BCUT2D eigenvalue weighted by Crippen LogP contribution is 2.16. The Hall–Kier alpha value is -2.10. The molecule has 2 heterocycles. The van der Waals surface area contributed by atoms with Gasteiger partial charge in [-0.2, -0.15) is 5.10 Å². The number of anilines is 1. The lowest BCUT2D eigenvalue weighted by molar-refractivity contribution is -0.118. The maximum Gasteiger partial charge on any atom is 0.152 e. The number of hydrogen-bond donors (Lipinski definition) is 0. The highest BCUT2D eigenvalue weighted by molar-refractivity contribution is 5.84. The van der Waals surface area contributed by atoms with Crippen LogP contribution in [0, 0.1) is 0 Å². The smallest absolute Gasteiger partial charge is 0.152 e. The van der Waals surface area contributed by atoms with Crippen molar-refractivity contribution in [3.63, 3.8) is 0 Å². The van der Waals surface area contributed by atoms with E-state index in [4.69, 9.17) is 0 Å². The molecule has 0 unspecified atom stereocenters. The van der Waals surface area contributed by atoms with Gasteiger partial charge in [-0.1, -0.05) is 44.2 Å². The number of ketones is 1. The zero-order chi connectivity index (χ0) is 15.1. The molecule has 112 valence electrons. The second-order valence-corrected chi connectivity index (χ2v) is 4.92. The molecule has 3 rings (SSSR count). The van der Waals surface area contributed by atoms with Crippen LogP contribution in [0.25, 0.3) is 0 Å². The second kappa shape index (κ2) is 7.62. The number of nitrogens with zero attached hydrogens (tertiary/aromatic N) is 3. The third kappa shape index (κ3) is 4.18. The number of carbonyl (C=O) groups is 1. The molecule has 0 saturated carbocycles. The van der Waals surface area contributed by atoms with Gasteiger partial charge in [-0.15, -0.1) is 0 Å². The van der Waals surface area contributed by atoms with E-state index in [1.165, 1.54) is 5.56 Å². The van der Waals surface area contributed by atoms with Crippen LogP contribution in [0.5, 0.6) is 0 Å². The van der Waals surface area contributed by atoms with E-state index in [1.54, 1.807) is 0 Å². The van der Waals surface area contributed by atoms with Crippen LogP contribution >= 0.6 is 0 Å². The highest BCUT2D eigenvalue weighted by atomic mass is 16.1. The fraction of sp³-hybridized carbons (Fsp3) is 0.412. The molecule has 0 N–H and O–H groups in total. The van der Waals surface area contributed by atoms with E-state index in [2.05, 4.69) is 22.1 Å². The van der Waals surface area contributed by atoms with Gasteiger partial charge in [0.25, 0.3) is 0 Å². The predicted octanol–water partition coefficient (Wildman–Crippen LogP) is 3.13. The number of benzene rings is 1. The summed E-state index contributed by atoms with van der Waals surface area (Å²) in [6.45, 7) is 6.19. The van der Waals surface area contributed by atoms with Gasteiger partial charge in [0.05, 0.1) is 13.1 Å². The van der Waals surface area contributed by atoms with Crippen molar-refractivity contribution >= 4 is 11.6 Å². The molecule has 1 saturated heterocycles. The number of hydrogen-bond acceptors (Lipinski definition) is 3. The van der Waals surface area contributed by atoms with Crippen molar-refractivity contribution < 1.29 is 4.79 Å². The lowest BCUT2D eigenvalue weighted by Gasteiger charge is -2.25. The molecule has 1 fully saturated rings. The van der Waals surface area contributed by atoms with Crippen molar-refractivity contribution in [3.05, 3.63) is 48.2 Å². The predicted molar refractivity (Wildman–Crippen MR) is 85.6 cm³/mol. The molecule has 0 bridgehead atoms. The van der Waals surface area contributed by atoms with E-state index in [0.717, 1.165) is 25.3 Å². The topological polar surface area (TPSA) is 38.1 Å². The fourth-order valence-corrected chi connectivity index (χ4v) is 2.41. The van der Waals surface area contributed by atoms with Crippen molar-refractivity contribution in [2.75, 3.05) is 18.0 Å². The molecule has 1 aliphatic rings. The van der Waals surface area contributed by atoms with Gasteiger partial charge in [-0.25, -0.2) is 0 Å². The van der Waals surface area contributed by atoms with Gasteiger partial charge >= 0.3 is 0 Å². The summed E-state index contributed by atoms with van der Waals surface area (Å²) in [6.07, 6.45) is 3.62. The van der Waals surface area contributed by atoms with Crippen LogP contribution in [0.1, 0.15) is 32.3 Å². The van der Waals surface area contributed by atoms with E-state index >= 15 is 0 Å². The molecule has 0 amide bonds. The zero-order valence-corrected chi connectivity index (χ0v) is 12.8. The van der Waals surface area contributed by atoms with Crippen molar-refractivity contribution in [2.45, 2.75) is 33.2 Å². The fourth-order valence-electron chi connectivity index (χ4n) is 2.41. The molecule has 4 nitrogen and oxygen atoms in total. The van der Waals surface area contributed by atoms with E-state index < -0.39 is 0 Å². The van der Waals surface area contributed by atoms with Crippen LogP contribution in [0.2, 0.25) is 0 Å².